The first-order chi connectivity index (χ1) is 18.1. The largest absolute Gasteiger partial charge is 0.573 e. The standard InChI is InChI=1S/C17H31F.C13H6F6O/c1-2-3-14-4-8-16(9-5-14)17-10-6-15(7-11-17)12-13-18;14-8-2-3-9(10(15)6-8)7-1-4-12(11(16)5-7)20-13(17,18)19/h14-17H,2-13H2,1H3;1-6H. The fourth-order valence-corrected chi connectivity index (χ4v) is 6.06. The number of rotatable bonds is 7. The van der Waals surface area contributed by atoms with Crippen LogP contribution in [0.15, 0.2) is 36.4 Å². The fourth-order valence-electron chi connectivity index (χ4n) is 6.06. The van der Waals surface area contributed by atoms with Crippen LogP contribution in [-0.2, 0) is 0 Å². The zero-order chi connectivity index (χ0) is 27.7. The van der Waals surface area contributed by atoms with Gasteiger partial charge in [-0.05, 0) is 85.6 Å². The van der Waals surface area contributed by atoms with Gasteiger partial charge in [-0.15, -0.1) is 13.2 Å². The molecule has 4 rings (SSSR count). The molecule has 0 heterocycles. The predicted molar refractivity (Wildman–Crippen MR) is 135 cm³/mol. The highest BCUT2D eigenvalue weighted by molar-refractivity contribution is 5.65. The number of alkyl halides is 4. The van der Waals surface area contributed by atoms with Crippen molar-refractivity contribution in [2.24, 2.45) is 23.7 Å². The maximum atomic E-state index is 13.5. The van der Waals surface area contributed by atoms with E-state index < -0.39 is 29.6 Å². The molecule has 0 unspecified atom stereocenters. The van der Waals surface area contributed by atoms with E-state index in [2.05, 4.69) is 11.7 Å². The van der Waals surface area contributed by atoms with E-state index in [9.17, 15) is 30.7 Å². The summed E-state index contributed by atoms with van der Waals surface area (Å²) in [5.41, 5.74) is -0.168. The molecule has 212 valence electrons. The molecule has 0 spiro atoms. The fraction of sp³-hybridized carbons (Fsp3) is 0.600. The molecule has 0 amide bonds. The monoisotopic (exact) mass is 546 g/mol. The van der Waals surface area contributed by atoms with Gasteiger partial charge in [0, 0.05) is 11.6 Å². The van der Waals surface area contributed by atoms with Gasteiger partial charge < -0.3 is 4.74 Å². The van der Waals surface area contributed by atoms with Crippen molar-refractivity contribution in [3.8, 4) is 16.9 Å². The lowest BCUT2D eigenvalue weighted by molar-refractivity contribution is -0.275. The van der Waals surface area contributed by atoms with Crippen LogP contribution in [0.1, 0.15) is 77.6 Å². The minimum Gasteiger partial charge on any atom is -0.403 e. The second-order valence-corrected chi connectivity index (χ2v) is 10.6. The van der Waals surface area contributed by atoms with Crippen LogP contribution in [0.25, 0.3) is 11.1 Å². The summed E-state index contributed by atoms with van der Waals surface area (Å²) < 4.78 is 91.3. The number of halogens is 7. The lowest BCUT2D eigenvalue weighted by atomic mass is 9.68. The maximum Gasteiger partial charge on any atom is 0.573 e. The van der Waals surface area contributed by atoms with Crippen molar-refractivity contribution in [1.82, 2.24) is 0 Å². The molecule has 0 radical (unpaired) electrons. The van der Waals surface area contributed by atoms with Gasteiger partial charge in [0.05, 0.1) is 6.67 Å². The molecule has 0 saturated heterocycles. The molecule has 8 heteroatoms. The molecule has 1 nitrogen and oxygen atoms in total. The Kier molecular flexibility index (Phi) is 11.3. The minimum absolute atomic E-state index is 0.0328. The summed E-state index contributed by atoms with van der Waals surface area (Å²) in [6.07, 6.45) is 9.99. The molecule has 2 aromatic carbocycles. The summed E-state index contributed by atoms with van der Waals surface area (Å²) in [5.74, 6) is -0.338. The summed E-state index contributed by atoms with van der Waals surface area (Å²) >= 11 is 0. The van der Waals surface area contributed by atoms with E-state index in [0.29, 0.717) is 18.1 Å². The molecular formula is C30H37F7O. The smallest absolute Gasteiger partial charge is 0.403 e. The summed E-state index contributed by atoms with van der Waals surface area (Å²) in [4.78, 5) is 0. The SMILES string of the molecule is CCCC1CCC(C2CCC(CCF)CC2)CC1.Fc1ccc(-c2ccc(OC(F)(F)F)c(F)c2)c(F)c1. The quantitative estimate of drug-likeness (QED) is 0.314. The number of hydrogen-bond donors (Lipinski definition) is 0. The highest BCUT2D eigenvalue weighted by atomic mass is 19.4. The molecular weight excluding hydrogens is 509 g/mol. The number of hydrogen-bond acceptors (Lipinski definition) is 1. The van der Waals surface area contributed by atoms with Crippen LogP contribution >= 0.6 is 0 Å². The van der Waals surface area contributed by atoms with Gasteiger partial charge >= 0.3 is 6.36 Å². The van der Waals surface area contributed by atoms with E-state index in [4.69, 9.17) is 0 Å². The van der Waals surface area contributed by atoms with Crippen molar-refractivity contribution in [3.63, 3.8) is 0 Å². The van der Waals surface area contributed by atoms with E-state index in [1.54, 1.807) is 0 Å². The lowest BCUT2D eigenvalue weighted by Gasteiger charge is -2.37. The summed E-state index contributed by atoms with van der Waals surface area (Å²) in [6, 6.07) is 5.05. The van der Waals surface area contributed by atoms with E-state index in [0.717, 1.165) is 48.4 Å². The summed E-state index contributed by atoms with van der Waals surface area (Å²) in [6.45, 7) is 2.22. The highest BCUT2D eigenvalue weighted by Crippen LogP contribution is 2.42. The third kappa shape index (κ3) is 9.19. The van der Waals surface area contributed by atoms with E-state index in [-0.39, 0.29) is 17.8 Å². The van der Waals surface area contributed by atoms with Crippen molar-refractivity contribution in [2.75, 3.05) is 6.67 Å². The molecule has 2 aromatic rings. The van der Waals surface area contributed by atoms with Gasteiger partial charge in [-0.1, -0.05) is 51.5 Å². The average molecular weight is 547 g/mol. The summed E-state index contributed by atoms with van der Waals surface area (Å²) in [5, 5.41) is 0. The Labute approximate surface area is 220 Å². The Morgan fingerprint density at radius 2 is 1.32 bits per heavy atom. The zero-order valence-corrected chi connectivity index (χ0v) is 21.8. The summed E-state index contributed by atoms with van der Waals surface area (Å²) in [7, 11) is 0. The molecule has 0 N–H and O–H groups in total. The van der Waals surface area contributed by atoms with Gasteiger partial charge in [0.2, 0.25) is 0 Å². The van der Waals surface area contributed by atoms with Crippen LogP contribution in [0, 0.1) is 41.1 Å². The second kappa shape index (κ2) is 14.2. The Morgan fingerprint density at radius 1 is 0.737 bits per heavy atom. The van der Waals surface area contributed by atoms with Crippen LogP contribution < -0.4 is 4.74 Å². The van der Waals surface area contributed by atoms with Crippen molar-refractivity contribution in [1.29, 1.82) is 0 Å². The second-order valence-electron chi connectivity index (χ2n) is 10.6. The van der Waals surface area contributed by atoms with Crippen LogP contribution in [0.3, 0.4) is 0 Å². The van der Waals surface area contributed by atoms with Gasteiger partial charge in [-0.25, -0.2) is 13.2 Å². The lowest BCUT2D eigenvalue weighted by Crippen LogP contribution is -2.26. The Balaban J connectivity index is 0.000000212. The average Bonchev–Trinajstić information content (AvgIpc) is 2.87. The van der Waals surface area contributed by atoms with E-state index in [1.807, 2.05) is 0 Å². The Bertz CT molecular complexity index is 967. The molecule has 38 heavy (non-hydrogen) atoms. The first-order valence-corrected chi connectivity index (χ1v) is 13.7. The van der Waals surface area contributed by atoms with Crippen LogP contribution in [-0.4, -0.2) is 13.0 Å². The van der Waals surface area contributed by atoms with Crippen molar-refractivity contribution in [2.45, 2.75) is 83.9 Å². The Hall–Kier alpha value is -2.25. The van der Waals surface area contributed by atoms with Crippen LogP contribution in [0.4, 0.5) is 30.7 Å². The normalized spacial score (nSPS) is 23.9. The maximum absolute atomic E-state index is 13.5. The van der Waals surface area contributed by atoms with Crippen molar-refractivity contribution in [3.05, 3.63) is 53.8 Å². The van der Waals surface area contributed by atoms with E-state index >= 15 is 0 Å². The van der Waals surface area contributed by atoms with Gasteiger partial charge in [0.25, 0.3) is 0 Å². The third-order valence-corrected chi connectivity index (χ3v) is 8.06. The first kappa shape index (κ1) is 30.3. The Morgan fingerprint density at radius 3 is 1.79 bits per heavy atom. The molecule has 2 aliphatic carbocycles. The number of benzene rings is 2. The molecule has 0 aromatic heterocycles. The minimum atomic E-state index is -5.02. The van der Waals surface area contributed by atoms with Gasteiger partial charge in [-0.3, -0.25) is 4.39 Å². The topological polar surface area (TPSA) is 9.23 Å². The molecule has 2 fully saturated rings. The van der Waals surface area contributed by atoms with Crippen LogP contribution in [0.5, 0.6) is 5.75 Å². The van der Waals surface area contributed by atoms with Gasteiger partial charge in [-0.2, -0.15) is 0 Å². The zero-order valence-electron chi connectivity index (χ0n) is 21.8. The number of ether oxygens (including phenoxy) is 1. The molecule has 0 aliphatic heterocycles. The van der Waals surface area contributed by atoms with Crippen molar-refractivity contribution >= 4 is 0 Å². The third-order valence-electron chi connectivity index (χ3n) is 8.06. The molecule has 2 aliphatic rings. The molecule has 0 bridgehead atoms. The van der Waals surface area contributed by atoms with Gasteiger partial charge in [0.15, 0.2) is 11.6 Å². The highest BCUT2D eigenvalue weighted by Gasteiger charge is 2.32. The van der Waals surface area contributed by atoms with Crippen molar-refractivity contribution < 1.29 is 35.5 Å². The van der Waals surface area contributed by atoms with Gasteiger partial charge in [0.1, 0.15) is 11.6 Å². The molecule has 0 atom stereocenters. The van der Waals surface area contributed by atoms with Crippen LogP contribution in [0.2, 0.25) is 0 Å². The van der Waals surface area contributed by atoms with E-state index in [1.165, 1.54) is 64.2 Å². The first-order valence-electron chi connectivity index (χ1n) is 13.7. The predicted octanol–water partition coefficient (Wildman–Crippen LogP) is 10.4. The molecule has 2 saturated carbocycles.